The van der Waals surface area contributed by atoms with Crippen molar-refractivity contribution in [3.63, 3.8) is 0 Å². The lowest BCUT2D eigenvalue weighted by Gasteiger charge is -2.23. The second kappa shape index (κ2) is 7.87. The van der Waals surface area contributed by atoms with Crippen LogP contribution in [0.25, 0.3) is 0 Å². The molecule has 8 nitrogen and oxygen atoms in total. The fourth-order valence-electron chi connectivity index (χ4n) is 3.21. The smallest absolute Gasteiger partial charge is 0.289 e. The highest BCUT2D eigenvalue weighted by Gasteiger charge is 2.27. The maximum atomic E-state index is 12.6. The van der Waals surface area contributed by atoms with E-state index in [0.29, 0.717) is 11.6 Å². The number of hydrogen-bond donors (Lipinski definition) is 2. The predicted octanol–water partition coefficient (Wildman–Crippen LogP) is 1.26. The molecule has 1 fully saturated rings. The van der Waals surface area contributed by atoms with Crippen molar-refractivity contribution >= 4 is 11.7 Å². The number of rotatable bonds is 5. The Balaban J connectivity index is 1.76. The molecule has 1 aliphatic rings. The zero-order valence-corrected chi connectivity index (χ0v) is 16.2. The zero-order chi connectivity index (χ0) is 19.6. The molecular weight excluding hydrogens is 344 g/mol. The van der Waals surface area contributed by atoms with Gasteiger partial charge in [-0.3, -0.25) is 9.78 Å². The molecule has 3 heterocycles. The molecule has 8 heteroatoms. The van der Waals surface area contributed by atoms with Gasteiger partial charge < -0.3 is 20.2 Å². The van der Waals surface area contributed by atoms with Crippen molar-refractivity contribution in [2.75, 3.05) is 32.1 Å². The van der Waals surface area contributed by atoms with Crippen molar-refractivity contribution in [2.45, 2.75) is 32.9 Å². The van der Waals surface area contributed by atoms with Gasteiger partial charge in [0.25, 0.3) is 5.91 Å². The molecule has 2 N–H and O–H groups in total. The first kappa shape index (κ1) is 19.0. The molecule has 0 radical (unpaired) electrons. The summed E-state index contributed by atoms with van der Waals surface area (Å²) in [4.78, 5) is 29.8. The zero-order valence-electron chi connectivity index (χ0n) is 16.2. The normalized spacial score (nSPS) is 16.8. The fraction of sp³-hybridized carbons (Fsp3) is 0.474. The number of nitrogens with one attached hydrogen (secondary N) is 1. The highest BCUT2D eigenvalue weighted by atomic mass is 16.3. The van der Waals surface area contributed by atoms with Crippen molar-refractivity contribution in [1.29, 1.82) is 0 Å². The van der Waals surface area contributed by atoms with E-state index in [9.17, 15) is 9.90 Å². The van der Waals surface area contributed by atoms with E-state index in [4.69, 9.17) is 0 Å². The fourth-order valence-corrected chi connectivity index (χ4v) is 3.21. The number of carbonyl (C=O) groups is 1. The van der Waals surface area contributed by atoms with Gasteiger partial charge in [-0.25, -0.2) is 9.97 Å². The van der Waals surface area contributed by atoms with Gasteiger partial charge in [0.1, 0.15) is 11.6 Å². The van der Waals surface area contributed by atoms with Crippen LogP contribution in [-0.2, 0) is 6.54 Å². The first-order chi connectivity index (χ1) is 12.8. The van der Waals surface area contributed by atoms with Gasteiger partial charge >= 0.3 is 0 Å². The van der Waals surface area contributed by atoms with Gasteiger partial charge in [0.05, 0.1) is 6.20 Å². The SMILES string of the molecule is Cc1nc(C(=O)NCc2cncc(O)c2)nc(N2CC[C@@H](N(C)C)C2)c1C. The third-order valence-electron chi connectivity index (χ3n) is 4.99. The summed E-state index contributed by atoms with van der Waals surface area (Å²) in [6.07, 6.45) is 4.01. The first-order valence-corrected chi connectivity index (χ1v) is 9.03. The Bertz CT molecular complexity index is 839. The van der Waals surface area contributed by atoms with Gasteiger partial charge in [-0.2, -0.15) is 0 Å². The van der Waals surface area contributed by atoms with E-state index in [1.807, 2.05) is 13.8 Å². The number of amides is 1. The molecular formula is C19H26N6O2. The summed E-state index contributed by atoms with van der Waals surface area (Å²) in [6.45, 7) is 5.94. The molecule has 0 spiro atoms. The van der Waals surface area contributed by atoms with Gasteiger partial charge in [-0.15, -0.1) is 0 Å². The minimum atomic E-state index is -0.342. The Morgan fingerprint density at radius 1 is 1.33 bits per heavy atom. The summed E-state index contributed by atoms with van der Waals surface area (Å²) in [6, 6.07) is 2.04. The topological polar surface area (TPSA) is 94.5 Å². The van der Waals surface area contributed by atoms with Crippen molar-refractivity contribution in [2.24, 2.45) is 0 Å². The maximum Gasteiger partial charge on any atom is 0.289 e. The number of aromatic hydroxyl groups is 1. The number of aryl methyl sites for hydroxylation is 1. The van der Waals surface area contributed by atoms with Crippen molar-refractivity contribution in [1.82, 2.24) is 25.2 Å². The monoisotopic (exact) mass is 370 g/mol. The quantitative estimate of drug-likeness (QED) is 0.818. The second-order valence-corrected chi connectivity index (χ2v) is 7.17. The molecule has 3 rings (SSSR count). The number of likely N-dealkylation sites (N-methyl/N-ethyl adjacent to an activating group) is 1. The van der Waals surface area contributed by atoms with Crippen molar-refractivity contribution in [3.8, 4) is 5.75 Å². The highest BCUT2D eigenvalue weighted by Crippen LogP contribution is 2.25. The average molecular weight is 370 g/mol. The van der Waals surface area contributed by atoms with Crippen LogP contribution in [0.1, 0.15) is 33.9 Å². The Morgan fingerprint density at radius 2 is 2.11 bits per heavy atom. The van der Waals surface area contributed by atoms with E-state index < -0.39 is 0 Å². The third kappa shape index (κ3) is 4.33. The Morgan fingerprint density at radius 3 is 2.78 bits per heavy atom. The number of aromatic nitrogens is 3. The summed E-state index contributed by atoms with van der Waals surface area (Å²) < 4.78 is 0. The predicted molar refractivity (Wildman–Crippen MR) is 103 cm³/mol. The summed E-state index contributed by atoms with van der Waals surface area (Å²) in [5.74, 6) is 0.715. The molecule has 0 aliphatic carbocycles. The largest absolute Gasteiger partial charge is 0.506 e. The molecule has 144 valence electrons. The third-order valence-corrected chi connectivity index (χ3v) is 4.99. The minimum Gasteiger partial charge on any atom is -0.506 e. The molecule has 0 aromatic carbocycles. The molecule has 1 aliphatic heterocycles. The van der Waals surface area contributed by atoms with Gasteiger partial charge in [-0.05, 0) is 46.0 Å². The molecule has 1 amide bonds. The van der Waals surface area contributed by atoms with Crippen LogP contribution in [0.15, 0.2) is 18.5 Å². The van der Waals surface area contributed by atoms with Gasteiger partial charge in [0, 0.05) is 43.1 Å². The van der Waals surface area contributed by atoms with Crippen LogP contribution >= 0.6 is 0 Å². The highest BCUT2D eigenvalue weighted by molar-refractivity contribution is 5.91. The molecule has 0 bridgehead atoms. The molecule has 2 aromatic rings. The van der Waals surface area contributed by atoms with E-state index in [1.165, 1.54) is 6.20 Å². The lowest BCUT2D eigenvalue weighted by Crippen LogP contribution is -2.33. The number of pyridine rings is 1. The summed E-state index contributed by atoms with van der Waals surface area (Å²) in [7, 11) is 4.17. The summed E-state index contributed by atoms with van der Waals surface area (Å²) in [5.41, 5.74) is 2.52. The van der Waals surface area contributed by atoms with Crippen LogP contribution in [0.3, 0.4) is 0 Å². The van der Waals surface area contributed by atoms with Crippen LogP contribution in [-0.4, -0.2) is 64.1 Å². The number of anilines is 1. The number of nitrogens with zero attached hydrogens (tertiary/aromatic N) is 5. The standard InChI is InChI=1S/C19H26N6O2/c1-12-13(2)22-17(19(27)21-9-14-7-16(26)10-20-8-14)23-18(12)25-6-5-15(11-25)24(3)4/h7-8,10,15,26H,5-6,9,11H2,1-4H3,(H,21,27)/t15-/m1/s1. The maximum absolute atomic E-state index is 12.6. The van der Waals surface area contributed by atoms with E-state index in [2.05, 4.69) is 44.2 Å². The van der Waals surface area contributed by atoms with Gasteiger partial charge in [-0.1, -0.05) is 0 Å². The van der Waals surface area contributed by atoms with E-state index in [0.717, 1.165) is 36.6 Å². The van der Waals surface area contributed by atoms with Crippen LogP contribution in [0.4, 0.5) is 5.82 Å². The average Bonchev–Trinajstić information content (AvgIpc) is 3.12. The van der Waals surface area contributed by atoms with E-state index in [-0.39, 0.29) is 24.0 Å². The molecule has 0 saturated carbocycles. The number of carbonyl (C=O) groups excluding carboxylic acids is 1. The Labute approximate surface area is 159 Å². The molecule has 2 aromatic heterocycles. The molecule has 1 atom stereocenters. The van der Waals surface area contributed by atoms with Gasteiger partial charge in [0.2, 0.25) is 5.82 Å². The van der Waals surface area contributed by atoms with Crippen LogP contribution in [0.5, 0.6) is 5.75 Å². The van der Waals surface area contributed by atoms with Crippen LogP contribution in [0, 0.1) is 13.8 Å². The van der Waals surface area contributed by atoms with Crippen molar-refractivity contribution in [3.05, 3.63) is 41.1 Å². The summed E-state index contributed by atoms with van der Waals surface area (Å²) >= 11 is 0. The van der Waals surface area contributed by atoms with Crippen LogP contribution < -0.4 is 10.2 Å². The van der Waals surface area contributed by atoms with Crippen LogP contribution in [0.2, 0.25) is 0 Å². The second-order valence-electron chi connectivity index (χ2n) is 7.17. The lowest BCUT2D eigenvalue weighted by atomic mass is 10.2. The lowest BCUT2D eigenvalue weighted by molar-refractivity contribution is 0.0940. The summed E-state index contributed by atoms with van der Waals surface area (Å²) in [5, 5.41) is 12.3. The van der Waals surface area contributed by atoms with E-state index >= 15 is 0 Å². The molecule has 27 heavy (non-hydrogen) atoms. The minimum absolute atomic E-state index is 0.0657. The molecule has 1 saturated heterocycles. The first-order valence-electron chi connectivity index (χ1n) is 9.03. The van der Waals surface area contributed by atoms with E-state index in [1.54, 1.807) is 12.3 Å². The van der Waals surface area contributed by atoms with Crippen molar-refractivity contribution < 1.29 is 9.90 Å². The number of hydrogen-bond acceptors (Lipinski definition) is 7. The Kier molecular flexibility index (Phi) is 5.55. The van der Waals surface area contributed by atoms with Gasteiger partial charge in [0.15, 0.2) is 0 Å². The Hall–Kier alpha value is -2.74. The molecule has 0 unspecified atom stereocenters.